The second kappa shape index (κ2) is 6.62. The molecule has 0 aliphatic heterocycles. The summed E-state index contributed by atoms with van der Waals surface area (Å²) in [6, 6.07) is 0. The lowest BCUT2D eigenvalue weighted by Crippen LogP contribution is -2.20. The van der Waals surface area contributed by atoms with E-state index in [4.69, 9.17) is 5.73 Å². The van der Waals surface area contributed by atoms with E-state index in [0.717, 1.165) is 12.2 Å². The fourth-order valence-electron chi connectivity index (χ4n) is 0.712. The van der Waals surface area contributed by atoms with E-state index >= 15 is 0 Å². The van der Waals surface area contributed by atoms with Gasteiger partial charge in [0.25, 0.3) is 0 Å². The topological polar surface area (TPSA) is 38.0 Å². The molecule has 2 heteroatoms. The Labute approximate surface area is 63.5 Å². The Bertz CT molecular complexity index is 89.3. The molecule has 0 saturated carbocycles. The van der Waals surface area contributed by atoms with Gasteiger partial charge in [-0.2, -0.15) is 0 Å². The second-order valence-electron chi connectivity index (χ2n) is 2.44. The number of hydrogen-bond donors (Lipinski definition) is 2. The smallest absolute Gasteiger partial charge is 0.0322 e. The van der Waals surface area contributed by atoms with Crippen LogP contribution in [0.4, 0.5) is 0 Å². The molecule has 0 aliphatic carbocycles. The lowest BCUT2D eigenvalue weighted by molar-refractivity contribution is 0.662. The van der Waals surface area contributed by atoms with Crippen molar-refractivity contribution in [2.24, 2.45) is 5.73 Å². The molecule has 0 bridgehead atoms. The first-order valence-electron chi connectivity index (χ1n) is 3.93. The van der Waals surface area contributed by atoms with E-state index in [-0.39, 0.29) is 0 Å². The zero-order chi connectivity index (χ0) is 7.82. The van der Waals surface area contributed by atoms with Gasteiger partial charge in [0.2, 0.25) is 0 Å². The summed E-state index contributed by atoms with van der Waals surface area (Å²) in [5.41, 5.74) is 6.27. The van der Waals surface area contributed by atoms with E-state index < -0.39 is 0 Å². The van der Waals surface area contributed by atoms with Crippen molar-refractivity contribution in [2.45, 2.75) is 26.2 Å². The monoisotopic (exact) mass is 142 g/mol. The van der Waals surface area contributed by atoms with Crippen LogP contribution in [0.15, 0.2) is 12.3 Å². The van der Waals surface area contributed by atoms with Gasteiger partial charge in [0, 0.05) is 18.8 Å². The molecule has 2 nitrogen and oxygen atoms in total. The molecule has 0 spiro atoms. The summed E-state index contributed by atoms with van der Waals surface area (Å²) in [5.74, 6) is 0. The first-order valence-corrected chi connectivity index (χ1v) is 3.93. The van der Waals surface area contributed by atoms with Gasteiger partial charge in [-0.15, -0.1) is 0 Å². The fourth-order valence-corrected chi connectivity index (χ4v) is 0.712. The van der Waals surface area contributed by atoms with Gasteiger partial charge in [-0.1, -0.05) is 26.3 Å². The van der Waals surface area contributed by atoms with Gasteiger partial charge in [0.15, 0.2) is 0 Å². The average molecular weight is 142 g/mol. The van der Waals surface area contributed by atoms with E-state index in [1.807, 2.05) is 0 Å². The van der Waals surface area contributed by atoms with E-state index in [9.17, 15) is 0 Å². The third kappa shape index (κ3) is 5.63. The number of hydrogen-bond acceptors (Lipinski definition) is 2. The molecule has 0 heterocycles. The van der Waals surface area contributed by atoms with Gasteiger partial charge >= 0.3 is 0 Å². The second-order valence-corrected chi connectivity index (χ2v) is 2.44. The molecule has 0 unspecified atom stereocenters. The normalized spacial score (nSPS) is 9.40. The van der Waals surface area contributed by atoms with Crippen molar-refractivity contribution >= 4 is 0 Å². The maximum Gasteiger partial charge on any atom is 0.0322 e. The van der Waals surface area contributed by atoms with Crippen molar-refractivity contribution in [3.8, 4) is 0 Å². The molecule has 3 N–H and O–H groups in total. The summed E-state index contributed by atoms with van der Waals surface area (Å²) in [7, 11) is 0. The van der Waals surface area contributed by atoms with Crippen molar-refractivity contribution in [1.29, 1.82) is 0 Å². The summed E-state index contributed by atoms with van der Waals surface area (Å²) < 4.78 is 0. The van der Waals surface area contributed by atoms with Gasteiger partial charge in [-0.05, 0) is 6.42 Å². The SMILES string of the molecule is C=C(CN)NCCCCC. The predicted octanol–water partition coefficient (Wildman–Crippen LogP) is 1.24. The van der Waals surface area contributed by atoms with E-state index in [1.54, 1.807) is 0 Å². The van der Waals surface area contributed by atoms with Gasteiger partial charge in [-0.3, -0.25) is 0 Å². The van der Waals surface area contributed by atoms with Gasteiger partial charge in [0.1, 0.15) is 0 Å². The minimum absolute atomic E-state index is 0.548. The van der Waals surface area contributed by atoms with Crippen LogP contribution >= 0.6 is 0 Å². The van der Waals surface area contributed by atoms with Crippen molar-refractivity contribution in [2.75, 3.05) is 13.1 Å². The zero-order valence-corrected chi connectivity index (χ0v) is 6.82. The molecular weight excluding hydrogens is 124 g/mol. The zero-order valence-electron chi connectivity index (χ0n) is 6.82. The maximum atomic E-state index is 5.32. The van der Waals surface area contributed by atoms with Crippen molar-refractivity contribution in [1.82, 2.24) is 5.32 Å². The van der Waals surface area contributed by atoms with Crippen LogP contribution in [0.5, 0.6) is 0 Å². The number of nitrogens with two attached hydrogens (primary N) is 1. The molecule has 0 saturated heterocycles. The summed E-state index contributed by atoms with van der Waals surface area (Å²) in [6.45, 7) is 7.49. The van der Waals surface area contributed by atoms with Crippen molar-refractivity contribution in [3.63, 3.8) is 0 Å². The average Bonchev–Trinajstić information content (AvgIpc) is 1.98. The maximum absolute atomic E-state index is 5.32. The Kier molecular flexibility index (Phi) is 6.29. The van der Waals surface area contributed by atoms with Crippen molar-refractivity contribution < 1.29 is 0 Å². The predicted molar refractivity (Wildman–Crippen MR) is 45.7 cm³/mol. The summed E-state index contributed by atoms with van der Waals surface area (Å²) in [5, 5.41) is 3.15. The van der Waals surface area contributed by atoms with E-state index in [2.05, 4.69) is 18.8 Å². The first-order chi connectivity index (χ1) is 4.81. The molecule has 0 amide bonds. The van der Waals surface area contributed by atoms with Crippen LogP contribution in [-0.2, 0) is 0 Å². The molecule has 0 aromatic heterocycles. The van der Waals surface area contributed by atoms with Crippen LogP contribution in [0.3, 0.4) is 0 Å². The largest absolute Gasteiger partial charge is 0.388 e. The van der Waals surface area contributed by atoms with E-state index in [1.165, 1.54) is 19.3 Å². The Hall–Kier alpha value is -0.500. The standard InChI is InChI=1S/C8H18N2/c1-3-4-5-6-10-8(2)7-9/h10H,2-7,9H2,1H3. The summed E-state index contributed by atoms with van der Waals surface area (Å²) in [6.07, 6.45) is 3.76. The molecule has 0 radical (unpaired) electrons. The quantitative estimate of drug-likeness (QED) is 0.547. The van der Waals surface area contributed by atoms with Gasteiger partial charge in [-0.25, -0.2) is 0 Å². The third-order valence-corrected chi connectivity index (χ3v) is 1.40. The highest BCUT2D eigenvalue weighted by Gasteiger charge is 1.87. The van der Waals surface area contributed by atoms with Crippen LogP contribution in [-0.4, -0.2) is 13.1 Å². The van der Waals surface area contributed by atoms with Gasteiger partial charge in [0.05, 0.1) is 0 Å². The highest BCUT2D eigenvalue weighted by atomic mass is 14.9. The minimum atomic E-state index is 0.548. The Balaban J connectivity index is 2.96. The Morgan fingerprint density at radius 1 is 1.50 bits per heavy atom. The highest BCUT2D eigenvalue weighted by Crippen LogP contribution is 1.91. The lowest BCUT2D eigenvalue weighted by atomic mass is 10.2. The number of unbranched alkanes of at least 4 members (excludes halogenated alkanes) is 2. The van der Waals surface area contributed by atoms with E-state index in [0.29, 0.717) is 6.54 Å². The van der Waals surface area contributed by atoms with Crippen LogP contribution in [0.25, 0.3) is 0 Å². The number of rotatable bonds is 6. The number of nitrogens with one attached hydrogen (secondary N) is 1. The molecular formula is C8H18N2. The van der Waals surface area contributed by atoms with Crippen LogP contribution in [0.1, 0.15) is 26.2 Å². The van der Waals surface area contributed by atoms with Crippen LogP contribution in [0, 0.1) is 0 Å². The molecule has 0 aromatic carbocycles. The molecule has 0 atom stereocenters. The molecule has 0 fully saturated rings. The molecule has 0 aromatic rings. The summed E-state index contributed by atoms with van der Waals surface area (Å²) in [4.78, 5) is 0. The minimum Gasteiger partial charge on any atom is -0.388 e. The highest BCUT2D eigenvalue weighted by molar-refractivity contribution is 4.91. The van der Waals surface area contributed by atoms with Gasteiger partial charge < -0.3 is 11.1 Å². The Morgan fingerprint density at radius 3 is 2.70 bits per heavy atom. The molecule has 0 rings (SSSR count). The van der Waals surface area contributed by atoms with Crippen LogP contribution < -0.4 is 11.1 Å². The first kappa shape index (κ1) is 9.50. The molecule has 10 heavy (non-hydrogen) atoms. The van der Waals surface area contributed by atoms with Crippen molar-refractivity contribution in [3.05, 3.63) is 12.3 Å². The fraction of sp³-hybridized carbons (Fsp3) is 0.750. The molecule has 60 valence electrons. The third-order valence-electron chi connectivity index (χ3n) is 1.40. The lowest BCUT2D eigenvalue weighted by Gasteiger charge is -2.05. The summed E-state index contributed by atoms with van der Waals surface area (Å²) >= 11 is 0. The van der Waals surface area contributed by atoms with Crippen LogP contribution in [0.2, 0.25) is 0 Å². The molecule has 0 aliphatic rings. The Morgan fingerprint density at radius 2 is 2.20 bits per heavy atom.